The summed E-state index contributed by atoms with van der Waals surface area (Å²) in [6.07, 6.45) is 2.57. The van der Waals surface area contributed by atoms with Gasteiger partial charge >= 0.3 is 0 Å². The van der Waals surface area contributed by atoms with Gasteiger partial charge in [-0.1, -0.05) is 13.8 Å². The summed E-state index contributed by atoms with van der Waals surface area (Å²) in [4.78, 5) is 2.10. The Kier molecular flexibility index (Phi) is 1.97. The average molecular weight is 140 g/mol. The maximum atomic E-state index is 7.65. The van der Waals surface area contributed by atoms with Crippen LogP contribution in [0.1, 0.15) is 26.7 Å². The van der Waals surface area contributed by atoms with Crippen LogP contribution in [0.2, 0.25) is 0 Å². The highest BCUT2D eigenvalue weighted by Crippen LogP contribution is 2.26. The van der Waals surface area contributed by atoms with E-state index in [9.17, 15) is 0 Å². The molecule has 10 heavy (non-hydrogen) atoms. The average Bonchev–Trinajstić information content (AvgIpc) is 2.65. The Morgan fingerprint density at radius 3 is 2.30 bits per heavy atom. The quantitative estimate of drug-likeness (QED) is 0.459. The van der Waals surface area contributed by atoms with Crippen LogP contribution in [0.25, 0.3) is 0 Å². The van der Waals surface area contributed by atoms with Gasteiger partial charge in [0.15, 0.2) is 0 Å². The fourth-order valence-electron chi connectivity index (χ4n) is 1.07. The van der Waals surface area contributed by atoms with Gasteiger partial charge in [-0.05, 0) is 12.8 Å². The van der Waals surface area contributed by atoms with Crippen LogP contribution in [0, 0.1) is 11.3 Å². The van der Waals surface area contributed by atoms with E-state index in [1.165, 1.54) is 12.8 Å². The first kappa shape index (κ1) is 7.58. The fraction of sp³-hybridized carbons (Fsp3) is 0.875. The molecule has 0 amide bonds. The van der Waals surface area contributed by atoms with Crippen molar-refractivity contribution in [1.29, 1.82) is 5.41 Å². The first-order valence-electron chi connectivity index (χ1n) is 3.94. The highest BCUT2D eigenvalue weighted by Gasteiger charge is 2.28. The molecule has 0 aromatic rings. The normalized spacial score (nSPS) is 17.6. The zero-order valence-corrected chi connectivity index (χ0v) is 7.02. The monoisotopic (exact) mass is 140 g/mol. The van der Waals surface area contributed by atoms with Crippen molar-refractivity contribution in [2.75, 3.05) is 7.05 Å². The standard InChI is InChI=1S/C8H16N2/c1-6(2)8(9)10(3)7-4-5-7/h6-7,9H,4-5H2,1-3H3. The van der Waals surface area contributed by atoms with Gasteiger partial charge < -0.3 is 4.90 Å². The highest BCUT2D eigenvalue weighted by molar-refractivity contribution is 5.81. The van der Waals surface area contributed by atoms with Crippen molar-refractivity contribution in [3.05, 3.63) is 0 Å². The lowest BCUT2D eigenvalue weighted by Crippen LogP contribution is -2.31. The van der Waals surface area contributed by atoms with E-state index in [2.05, 4.69) is 18.7 Å². The molecule has 1 rings (SSSR count). The van der Waals surface area contributed by atoms with Crippen molar-refractivity contribution in [2.45, 2.75) is 32.7 Å². The Balaban J connectivity index is 2.38. The molecule has 1 fully saturated rings. The van der Waals surface area contributed by atoms with E-state index in [0.717, 1.165) is 5.84 Å². The van der Waals surface area contributed by atoms with E-state index in [4.69, 9.17) is 5.41 Å². The maximum Gasteiger partial charge on any atom is 0.0983 e. The molecule has 0 spiro atoms. The van der Waals surface area contributed by atoms with Crippen LogP contribution in [0.5, 0.6) is 0 Å². The first-order valence-corrected chi connectivity index (χ1v) is 3.94. The highest BCUT2D eigenvalue weighted by atomic mass is 15.2. The second kappa shape index (κ2) is 2.60. The van der Waals surface area contributed by atoms with Gasteiger partial charge in [-0.25, -0.2) is 0 Å². The minimum atomic E-state index is 0.380. The Morgan fingerprint density at radius 1 is 1.50 bits per heavy atom. The molecule has 0 radical (unpaired) electrons. The molecule has 0 heterocycles. The Morgan fingerprint density at radius 2 is 2.00 bits per heavy atom. The van der Waals surface area contributed by atoms with Gasteiger partial charge in [-0.15, -0.1) is 0 Å². The van der Waals surface area contributed by atoms with Crippen molar-refractivity contribution >= 4 is 5.84 Å². The number of nitrogens with zero attached hydrogens (tertiary/aromatic N) is 1. The second-order valence-electron chi connectivity index (χ2n) is 3.38. The third-order valence-corrected chi connectivity index (χ3v) is 2.02. The van der Waals surface area contributed by atoms with Crippen molar-refractivity contribution in [3.8, 4) is 0 Å². The molecule has 0 aliphatic heterocycles. The predicted octanol–water partition coefficient (Wildman–Crippen LogP) is 1.71. The van der Waals surface area contributed by atoms with E-state index < -0.39 is 0 Å². The summed E-state index contributed by atoms with van der Waals surface area (Å²) in [5.74, 6) is 1.16. The topological polar surface area (TPSA) is 27.1 Å². The Bertz CT molecular complexity index is 136. The summed E-state index contributed by atoms with van der Waals surface area (Å²) >= 11 is 0. The van der Waals surface area contributed by atoms with Crippen LogP contribution in [0.15, 0.2) is 0 Å². The molecule has 0 aromatic carbocycles. The fourth-order valence-corrected chi connectivity index (χ4v) is 1.07. The third-order valence-electron chi connectivity index (χ3n) is 2.02. The van der Waals surface area contributed by atoms with Crippen LogP contribution in [-0.2, 0) is 0 Å². The summed E-state index contributed by atoms with van der Waals surface area (Å²) in [6, 6.07) is 0.690. The molecule has 1 aliphatic carbocycles. The molecule has 0 unspecified atom stereocenters. The molecule has 58 valence electrons. The van der Waals surface area contributed by atoms with Gasteiger partial charge in [0.1, 0.15) is 0 Å². The number of amidine groups is 1. The van der Waals surface area contributed by atoms with Crippen LogP contribution in [-0.4, -0.2) is 23.8 Å². The molecule has 1 aliphatic rings. The lowest BCUT2D eigenvalue weighted by atomic mass is 10.2. The third kappa shape index (κ3) is 1.49. The number of hydrogen-bond acceptors (Lipinski definition) is 1. The van der Waals surface area contributed by atoms with Crippen LogP contribution in [0.3, 0.4) is 0 Å². The zero-order valence-electron chi connectivity index (χ0n) is 7.02. The van der Waals surface area contributed by atoms with Gasteiger partial charge in [0, 0.05) is 19.0 Å². The van der Waals surface area contributed by atoms with Crippen molar-refractivity contribution in [2.24, 2.45) is 5.92 Å². The van der Waals surface area contributed by atoms with Crippen LogP contribution >= 0.6 is 0 Å². The van der Waals surface area contributed by atoms with E-state index in [1.54, 1.807) is 0 Å². The summed E-state index contributed by atoms with van der Waals surface area (Å²) < 4.78 is 0. The molecule has 0 aromatic heterocycles. The van der Waals surface area contributed by atoms with Gasteiger partial charge in [-0.3, -0.25) is 5.41 Å². The second-order valence-corrected chi connectivity index (χ2v) is 3.38. The maximum absolute atomic E-state index is 7.65. The summed E-state index contributed by atoms with van der Waals surface area (Å²) in [7, 11) is 2.03. The minimum absolute atomic E-state index is 0.380. The molecule has 1 saturated carbocycles. The van der Waals surface area contributed by atoms with Crippen molar-refractivity contribution in [1.82, 2.24) is 4.90 Å². The van der Waals surface area contributed by atoms with Crippen LogP contribution in [0.4, 0.5) is 0 Å². The SMILES string of the molecule is CC(C)C(=N)N(C)C1CC1. The number of hydrogen-bond donors (Lipinski definition) is 1. The molecule has 0 atom stereocenters. The Labute approximate surface area is 62.7 Å². The number of rotatable bonds is 2. The van der Waals surface area contributed by atoms with E-state index in [1.807, 2.05) is 7.05 Å². The summed E-state index contributed by atoms with van der Waals surface area (Å²) in [6.45, 7) is 4.14. The van der Waals surface area contributed by atoms with Gasteiger partial charge in [0.05, 0.1) is 5.84 Å². The largest absolute Gasteiger partial charge is 0.360 e. The van der Waals surface area contributed by atoms with Gasteiger partial charge in [0.25, 0.3) is 0 Å². The zero-order chi connectivity index (χ0) is 7.72. The first-order chi connectivity index (χ1) is 4.63. The lowest BCUT2D eigenvalue weighted by molar-refractivity contribution is 0.464. The minimum Gasteiger partial charge on any atom is -0.360 e. The smallest absolute Gasteiger partial charge is 0.0983 e. The predicted molar refractivity (Wildman–Crippen MR) is 43.3 cm³/mol. The van der Waals surface area contributed by atoms with Gasteiger partial charge in [-0.2, -0.15) is 0 Å². The Hall–Kier alpha value is -0.530. The molecular weight excluding hydrogens is 124 g/mol. The van der Waals surface area contributed by atoms with Crippen molar-refractivity contribution < 1.29 is 0 Å². The van der Waals surface area contributed by atoms with Crippen LogP contribution < -0.4 is 0 Å². The molecule has 2 nitrogen and oxygen atoms in total. The molecular formula is C8H16N2. The molecule has 2 heteroatoms. The van der Waals surface area contributed by atoms with Gasteiger partial charge in [0.2, 0.25) is 0 Å². The van der Waals surface area contributed by atoms with Crippen molar-refractivity contribution in [3.63, 3.8) is 0 Å². The molecule has 0 bridgehead atoms. The summed E-state index contributed by atoms with van der Waals surface area (Å²) in [5, 5.41) is 7.65. The molecule has 0 saturated heterocycles. The number of nitrogens with one attached hydrogen (secondary N) is 1. The molecule has 1 N–H and O–H groups in total. The summed E-state index contributed by atoms with van der Waals surface area (Å²) in [5.41, 5.74) is 0. The van der Waals surface area contributed by atoms with E-state index in [0.29, 0.717) is 12.0 Å². The van der Waals surface area contributed by atoms with E-state index >= 15 is 0 Å². The van der Waals surface area contributed by atoms with E-state index in [-0.39, 0.29) is 0 Å². The lowest BCUT2D eigenvalue weighted by Gasteiger charge is -2.21.